The summed E-state index contributed by atoms with van der Waals surface area (Å²) in [4.78, 5) is 10.6. The minimum atomic E-state index is 0.330. The van der Waals surface area contributed by atoms with Crippen molar-refractivity contribution in [3.63, 3.8) is 0 Å². The Hall–Kier alpha value is -1.98. The highest BCUT2D eigenvalue weighted by atomic mass is 16.3. The zero-order chi connectivity index (χ0) is 16.1. The second-order valence-corrected chi connectivity index (χ2v) is 6.03. The monoisotopic (exact) mass is 312 g/mol. The molecule has 0 saturated carbocycles. The molecule has 2 heterocycles. The van der Waals surface area contributed by atoms with Crippen LogP contribution in [0.1, 0.15) is 25.3 Å². The van der Waals surface area contributed by atoms with Crippen molar-refractivity contribution >= 4 is 0 Å². The van der Waals surface area contributed by atoms with Gasteiger partial charge >= 0.3 is 0 Å². The van der Waals surface area contributed by atoms with Crippen LogP contribution in [0.4, 0.5) is 0 Å². The van der Waals surface area contributed by atoms with Gasteiger partial charge < -0.3 is 10.4 Å². The Bertz CT molecular complexity index is 632. The van der Waals surface area contributed by atoms with Crippen molar-refractivity contribution in [2.75, 3.05) is 19.6 Å². The van der Waals surface area contributed by atoms with Crippen LogP contribution in [0.3, 0.4) is 0 Å². The maximum atomic E-state index is 10.1. The second kappa shape index (κ2) is 7.53. The van der Waals surface area contributed by atoms with Crippen LogP contribution in [-0.2, 0) is 6.54 Å². The summed E-state index contributed by atoms with van der Waals surface area (Å²) in [5.74, 6) is 0.330. The number of nitrogens with zero attached hydrogens (tertiary/aromatic N) is 3. The van der Waals surface area contributed by atoms with Gasteiger partial charge in [-0.15, -0.1) is 0 Å². The minimum absolute atomic E-state index is 0.330. The Morgan fingerprint density at radius 2 is 2.09 bits per heavy atom. The van der Waals surface area contributed by atoms with Crippen molar-refractivity contribution in [2.45, 2.75) is 32.4 Å². The van der Waals surface area contributed by atoms with Gasteiger partial charge in [-0.05, 0) is 43.6 Å². The summed E-state index contributed by atoms with van der Waals surface area (Å²) in [6, 6.07) is 6.27. The summed E-state index contributed by atoms with van der Waals surface area (Å²) in [6.45, 7) is 6.17. The number of rotatable bonds is 6. The number of likely N-dealkylation sites (tertiary alicyclic amines) is 1. The molecule has 0 spiro atoms. The lowest BCUT2D eigenvalue weighted by molar-refractivity contribution is 0.259. The predicted octanol–water partition coefficient (Wildman–Crippen LogP) is 2.42. The molecule has 23 heavy (non-hydrogen) atoms. The average molecular weight is 312 g/mol. The molecule has 1 aliphatic rings. The summed E-state index contributed by atoms with van der Waals surface area (Å²) in [5.41, 5.74) is 2.89. The quantitative estimate of drug-likeness (QED) is 0.858. The maximum Gasteiger partial charge on any atom is 0.120 e. The summed E-state index contributed by atoms with van der Waals surface area (Å²) < 4.78 is 0. The van der Waals surface area contributed by atoms with Gasteiger partial charge in [0.25, 0.3) is 0 Å². The number of benzene rings is 1. The molecule has 1 fully saturated rings. The lowest BCUT2D eigenvalue weighted by Gasteiger charge is -2.23. The molecule has 1 aliphatic heterocycles. The van der Waals surface area contributed by atoms with Gasteiger partial charge in [0, 0.05) is 42.7 Å². The first-order chi connectivity index (χ1) is 11.3. The smallest absolute Gasteiger partial charge is 0.120 e. The highest BCUT2D eigenvalue weighted by Gasteiger charge is 2.22. The van der Waals surface area contributed by atoms with Gasteiger partial charge in [0.15, 0.2) is 0 Å². The highest BCUT2D eigenvalue weighted by molar-refractivity contribution is 5.63. The Labute approximate surface area is 137 Å². The fraction of sp³-hybridized carbons (Fsp3) is 0.444. The van der Waals surface area contributed by atoms with Crippen LogP contribution in [0, 0.1) is 0 Å². The molecule has 0 unspecified atom stereocenters. The summed E-state index contributed by atoms with van der Waals surface area (Å²) in [5, 5.41) is 13.6. The number of aromatic hydroxyl groups is 1. The Balaban J connectivity index is 1.63. The first kappa shape index (κ1) is 15.9. The topological polar surface area (TPSA) is 61.3 Å². The maximum absolute atomic E-state index is 10.1. The molecule has 0 bridgehead atoms. The first-order valence-corrected chi connectivity index (χ1v) is 8.30. The molecule has 2 N–H and O–H groups in total. The molecule has 5 nitrogen and oxygen atoms in total. The zero-order valence-corrected chi connectivity index (χ0v) is 13.6. The fourth-order valence-electron chi connectivity index (χ4n) is 3.27. The molecular formula is C18H24N4O. The van der Waals surface area contributed by atoms with Gasteiger partial charge in [-0.25, -0.2) is 9.97 Å². The van der Waals surface area contributed by atoms with Crippen LogP contribution in [-0.4, -0.2) is 45.7 Å². The number of hydrogen-bond donors (Lipinski definition) is 2. The van der Waals surface area contributed by atoms with Gasteiger partial charge in [0.1, 0.15) is 12.1 Å². The third-order valence-corrected chi connectivity index (χ3v) is 4.57. The minimum Gasteiger partial charge on any atom is -0.508 e. The number of likely N-dealkylation sites (N-methyl/N-ethyl adjacent to an activating group) is 1. The van der Waals surface area contributed by atoms with E-state index in [2.05, 4.69) is 27.1 Å². The van der Waals surface area contributed by atoms with Crippen molar-refractivity contribution in [1.82, 2.24) is 20.2 Å². The van der Waals surface area contributed by atoms with E-state index >= 15 is 0 Å². The van der Waals surface area contributed by atoms with E-state index in [1.807, 2.05) is 12.1 Å². The van der Waals surface area contributed by atoms with Crippen LogP contribution < -0.4 is 5.32 Å². The molecule has 3 rings (SSSR count). The molecule has 1 atom stereocenters. The average Bonchev–Trinajstić information content (AvgIpc) is 3.05. The van der Waals surface area contributed by atoms with Gasteiger partial charge in [0.2, 0.25) is 0 Å². The van der Waals surface area contributed by atoms with Crippen molar-refractivity contribution in [2.24, 2.45) is 0 Å². The second-order valence-electron chi connectivity index (χ2n) is 6.03. The van der Waals surface area contributed by atoms with E-state index in [1.165, 1.54) is 25.7 Å². The molecule has 0 radical (unpaired) electrons. The highest BCUT2D eigenvalue weighted by Crippen LogP contribution is 2.25. The summed E-state index contributed by atoms with van der Waals surface area (Å²) in [7, 11) is 0. The molecule has 1 saturated heterocycles. The zero-order valence-electron chi connectivity index (χ0n) is 13.6. The Morgan fingerprint density at radius 3 is 2.87 bits per heavy atom. The lowest BCUT2D eigenvalue weighted by atomic mass is 10.0. The van der Waals surface area contributed by atoms with Gasteiger partial charge in [-0.2, -0.15) is 0 Å². The van der Waals surface area contributed by atoms with E-state index in [9.17, 15) is 5.11 Å². The van der Waals surface area contributed by atoms with E-state index in [4.69, 9.17) is 0 Å². The van der Waals surface area contributed by atoms with Crippen molar-refractivity contribution in [3.8, 4) is 16.9 Å². The molecule has 5 heteroatoms. The van der Waals surface area contributed by atoms with Crippen LogP contribution in [0.2, 0.25) is 0 Å². The Kier molecular flexibility index (Phi) is 5.20. The van der Waals surface area contributed by atoms with Crippen LogP contribution in [0.25, 0.3) is 11.1 Å². The van der Waals surface area contributed by atoms with E-state index in [0.29, 0.717) is 18.3 Å². The first-order valence-electron chi connectivity index (χ1n) is 8.30. The standard InChI is InChI=1S/C18H24N4O/c1-2-22-7-3-4-17(22)12-19-9-15-8-14(5-6-18(15)23)16-10-20-13-21-11-16/h5-6,8,10-11,13,17,19,23H,2-4,7,9,12H2,1H3/t17-/m0/s1. The van der Waals surface area contributed by atoms with Gasteiger partial charge in [-0.1, -0.05) is 13.0 Å². The number of phenols is 1. The molecule has 1 aromatic heterocycles. The molecular weight excluding hydrogens is 288 g/mol. The third-order valence-electron chi connectivity index (χ3n) is 4.57. The Morgan fingerprint density at radius 1 is 1.26 bits per heavy atom. The van der Waals surface area contributed by atoms with E-state index in [-0.39, 0.29) is 0 Å². The van der Waals surface area contributed by atoms with Crippen LogP contribution >= 0.6 is 0 Å². The molecule has 0 aliphatic carbocycles. The van der Waals surface area contributed by atoms with Gasteiger partial charge in [-0.3, -0.25) is 4.90 Å². The predicted molar refractivity (Wildman–Crippen MR) is 91.1 cm³/mol. The SMILES string of the molecule is CCN1CCC[C@H]1CNCc1cc(-c2cncnc2)ccc1O. The van der Waals surface area contributed by atoms with E-state index < -0.39 is 0 Å². The summed E-state index contributed by atoms with van der Waals surface area (Å²) in [6.07, 6.45) is 7.64. The van der Waals surface area contributed by atoms with Crippen molar-refractivity contribution in [1.29, 1.82) is 0 Å². The van der Waals surface area contributed by atoms with Crippen molar-refractivity contribution in [3.05, 3.63) is 42.5 Å². The number of nitrogens with one attached hydrogen (secondary N) is 1. The van der Waals surface area contributed by atoms with Crippen molar-refractivity contribution < 1.29 is 5.11 Å². The molecule has 1 aromatic carbocycles. The lowest BCUT2D eigenvalue weighted by Crippen LogP contribution is -2.37. The third kappa shape index (κ3) is 3.86. The molecule has 0 amide bonds. The van der Waals surface area contributed by atoms with E-state index in [0.717, 1.165) is 29.8 Å². The largest absolute Gasteiger partial charge is 0.508 e. The molecule has 122 valence electrons. The van der Waals surface area contributed by atoms with Gasteiger partial charge in [0.05, 0.1) is 0 Å². The molecule has 2 aromatic rings. The number of aromatic nitrogens is 2. The normalized spacial score (nSPS) is 18.4. The van der Waals surface area contributed by atoms with E-state index in [1.54, 1.807) is 18.5 Å². The number of hydrogen-bond acceptors (Lipinski definition) is 5. The number of phenolic OH excluding ortho intramolecular Hbond substituents is 1. The summed E-state index contributed by atoms with van der Waals surface area (Å²) >= 11 is 0. The fourth-order valence-corrected chi connectivity index (χ4v) is 3.27. The van der Waals surface area contributed by atoms with Crippen LogP contribution in [0.15, 0.2) is 36.9 Å². The van der Waals surface area contributed by atoms with Crippen LogP contribution in [0.5, 0.6) is 5.75 Å².